The third kappa shape index (κ3) is 4.14. The Morgan fingerprint density at radius 1 is 1.10 bits per heavy atom. The van der Waals surface area contributed by atoms with Crippen molar-refractivity contribution in [2.45, 2.75) is 26.7 Å². The van der Waals surface area contributed by atoms with E-state index in [1.54, 1.807) is 11.8 Å². The van der Waals surface area contributed by atoms with Crippen LogP contribution in [0.15, 0.2) is 59.1 Å². The molecule has 2 heterocycles. The minimum Gasteiger partial charge on any atom is -0.322 e. The van der Waals surface area contributed by atoms with E-state index in [0.717, 1.165) is 52.1 Å². The maximum Gasteiger partial charge on any atom is 0.257 e. The number of hydrogen-bond acceptors (Lipinski definition) is 3. The zero-order chi connectivity index (χ0) is 21.3. The fourth-order valence-electron chi connectivity index (χ4n) is 3.81. The van der Waals surface area contributed by atoms with Crippen molar-refractivity contribution < 1.29 is 9.59 Å². The van der Waals surface area contributed by atoms with Gasteiger partial charge < -0.3 is 10.2 Å². The second kappa shape index (κ2) is 8.40. The Morgan fingerprint density at radius 3 is 2.67 bits per heavy atom. The number of benzene rings is 2. The first-order valence-corrected chi connectivity index (χ1v) is 10.7. The molecule has 152 valence electrons. The summed E-state index contributed by atoms with van der Waals surface area (Å²) in [5.74, 6) is -0.153. The van der Waals surface area contributed by atoms with Crippen LogP contribution in [-0.2, 0) is 11.2 Å². The van der Waals surface area contributed by atoms with Crippen LogP contribution in [-0.4, -0.2) is 23.3 Å². The molecular formula is C24H22BrN3O2. The van der Waals surface area contributed by atoms with Crippen LogP contribution in [0, 0.1) is 6.92 Å². The number of aryl methyl sites for hydroxylation is 2. The van der Waals surface area contributed by atoms with Gasteiger partial charge in [-0.25, -0.2) is 0 Å². The lowest BCUT2D eigenvalue weighted by molar-refractivity contribution is -0.116. The summed E-state index contributed by atoms with van der Waals surface area (Å²) < 4.78 is 0.983. The first-order valence-electron chi connectivity index (χ1n) is 9.88. The van der Waals surface area contributed by atoms with Gasteiger partial charge >= 0.3 is 0 Å². The van der Waals surface area contributed by atoms with Crippen molar-refractivity contribution in [3.8, 4) is 11.3 Å². The zero-order valence-electron chi connectivity index (χ0n) is 16.9. The Morgan fingerprint density at radius 2 is 1.93 bits per heavy atom. The summed E-state index contributed by atoms with van der Waals surface area (Å²) >= 11 is 3.48. The van der Waals surface area contributed by atoms with Crippen molar-refractivity contribution in [1.29, 1.82) is 0 Å². The monoisotopic (exact) mass is 463 g/mol. The molecule has 0 unspecified atom stereocenters. The highest BCUT2D eigenvalue weighted by Crippen LogP contribution is 2.30. The summed E-state index contributed by atoms with van der Waals surface area (Å²) in [5.41, 5.74) is 5.76. The van der Waals surface area contributed by atoms with Gasteiger partial charge in [0.1, 0.15) is 0 Å². The highest BCUT2D eigenvalue weighted by atomic mass is 79.9. The van der Waals surface area contributed by atoms with E-state index in [1.807, 2.05) is 61.5 Å². The van der Waals surface area contributed by atoms with Gasteiger partial charge in [0, 0.05) is 34.9 Å². The molecule has 0 spiro atoms. The summed E-state index contributed by atoms with van der Waals surface area (Å²) in [4.78, 5) is 31.1. The second-order valence-electron chi connectivity index (χ2n) is 7.41. The second-order valence-corrected chi connectivity index (χ2v) is 8.33. The minimum atomic E-state index is -0.194. The molecule has 5 nitrogen and oxygen atoms in total. The number of aromatic nitrogens is 1. The van der Waals surface area contributed by atoms with Gasteiger partial charge in [-0.05, 0) is 67.8 Å². The Balaban J connectivity index is 1.55. The number of nitrogens with zero attached hydrogens (tertiary/aromatic N) is 2. The Hall–Kier alpha value is -2.99. The molecule has 3 aromatic rings. The maximum atomic E-state index is 12.9. The quantitative estimate of drug-likeness (QED) is 0.567. The Labute approximate surface area is 184 Å². The van der Waals surface area contributed by atoms with E-state index in [0.29, 0.717) is 11.3 Å². The van der Waals surface area contributed by atoms with Gasteiger partial charge in [-0.1, -0.05) is 28.1 Å². The molecule has 0 saturated heterocycles. The molecule has 1 aliphatic rings. The van der Waals surface area contributed by atoms with Gasteiger partial charge in [-0.2, -0.15) is 0 Å². The summed E-state index contributed by atoms with van der Waals surface area (Å²) in [5, 5.41) is 2.97. The highest BCUT2D eigenvalue weighted by molar-refractivity contribution is 9.10. The molecule has 6 heteroatoms. The largest absolute Gasteiger partial charge is 0.322 e. The van der Waals surface area contributed by atoms with Crippen molar-refractivity contribution >= 4 is 39.1 Å². The normalized spacial score (nSPS) is 13.0. The van der Waals surface area contributed by atoms with E-state index >= 15 is 0 Å². The van der Waals surface area contributed by atoms with Crippen LogP contribution in [0.3, 0.4) is 0 Å². The molecule has 0 bridgehead atoms. The summed E-state index contributed by atoms with van der Waals surface area (Å²) in [7, 11) is 0. The van der Waals surface area contributed by atoms with Crippen LogP contribution in [0.1, 0.15) is 35.0 Å². The number of anilines is 2. The topological polar surface area (TPSA) is 62.3 Å². The van der Waals surface area contributed by atoms with Gasteiger partial charge in [-0.15, -0.1) is 0 Å². The number of fused-ring (bicyclic) bond motifs is 1. The number of amides is 2. The SMILES string of the molecule is CC(=O)N1CCCc2cc(NC(=O)c3ccc(-c4cccc(Br)c4)nc3C)ccc21. The smallest absolute Gasteiger partial charge is 0.257 e. The number of rotatable bonds is 3. The van der Waals surface area contributed by atoms with E-state index in [-0.39, 0.29) is 11.8 Å². The van der Waals surface area contributed by atoms with Crippen LogP contribution >= 0.6 is 15.9 Å². The lowest BCUT2D eigenvalue weighted by atomic mass is 10.0. The van der Waals surface area contributed by atoms with E-state index in [1.165, 1.54) is 0 Å². The van der Waals surface area contributed by atoms with Crippen LogP contribution in [0.2, 0.25) is 0 Å². The minimum absolute atomic E-state index is 0.0416. The molecule has 0 fully saturated rings. The average Bonchev–Trinajstić information content (AvgIpc) is 2.72. The third-order valence-corrected chi connectivity index (χ3v) is 5.78. The molecule has 1 aromatic heterocycles. The van der Waals surface area contributed by atoms with Crippen molar-refractivity contribution in [3.05, 3.63) is 75.9 Å². The first kappa shape index (κ1) is 20.3. The molecule has 0 aliphatic carbocycles. The Kier molecular flexibility index (Phi) is 5.68. The number of nitrogens with one attached hydrogen (secondary N) is 1. The van der Waals surface area contributed by atoms with Crippen molar-refractivity contribution in [3.63, 3.8) is 0 Å². The summed E-state index contributed by atoms with van der Waals surface area (Å²) in [6, 6.07) is 17.3. The fraction of sp³-hybridized carbons (Fsp3) is 0.208. The number of halogens is 1. The first-order chi connectivity index (χ1) is 14.4. The Bertz CT molecular complexity index is 1140. The lowest BCUT2D eigenvalue weighted by Crippen LogP contribution is -2.33. The highest BCUT2D eigenvalue weighted by Gasteiger charge is 2.20. The standard InChI is InChI=1S/C24H22BrN3O2/c1-15-21(9-10-22(26-15)17-5-3-7-19(25)13-17)24(30)27-20-8-11-23-18(14-20)6-4-12-28(23)16(2)29/h3,5,7-11,13-14H,4,6,12H2,1-2H3,(H,27,30). The van der Waals surface area contributed by atoms with Crippen molar-refractivity contribution in [2.75, 3.05) is 16.8 Å². The van der Waals surface area contributed by atoms with Gasteiger partial charge in [-0.3, -0.25) is 14.6 Å². The number of carbonyl (C=O) groups is 2. The van der Waals surface area contributed by atoms with Crippen LogP contribution < -0.4 is 10.2 Å². The van der Waals surface area contributed by atoms with E-state index in [2.05, 4.69) is 26.2 Å². The van der Waals surface area contributed by atoms with Crippen LogP contribution in [0.25, 0.3) is 11.3 Å². The predicted octanol–water partition coefficient (Wildman–Crippen LogP) is 5.37. The number of carbonyl (C=O) groups excluding carboxylic acids is 2. The molecule has 2 aromatic carbocycles. The van der Waals surface area contributed by atoms with Crippen molar-refractivity contribution in [2.24, 2.45) is 0 Å². The molecule has 1 aliphatic heterocycles. The molecule has 0 radical (unpaired) electrons. The van der Waals surface area contributed by atoms with Gasteiger partial charge in [0.2, 0.25) is 5.91 Å². The molecule has 0 atom stereocenters. The van der Waals surface area contributed by atoms with Gasteiger partial charge in [0.15, 0.2) is 0 Å². The van der Waals surface area contributed by atoms with E-state index < -0.39 is 0 Å². The van der Waals surface area contributed by atoms with Gasteiger partial charge in [0.25, 0.3) is 5.91 Å². The molecule has 0 saturated carbocycles. The summed E-state index contributed by atoms with van der Waals surface area (Å²) in [6.45, 7) is 4.16. The number of pyridine rings is 1. The van der Waals surface area contributed by atoms with E-state index in [9.17, 15) is 9.59 Å². The maximum absolute atomic E-state index is 12.9. The molecule has 30 heavy (non-hydrogen) atoms. The fourth-order valence-corrected chi connectivity index (χ4v) is 4.21. The van der Waals surface area contributed by atoms with E-state index in [4.69, 9.17) is 0 Å². The average molecular weight is 464 g/mol. The lowest BCUT2D eigenvalue weighted by Gasteiger charge is -2.29. The third-order valence-electron chi connectivity index (χ3n) is 5.29. The van der Waals surface area contributed by atoms with Crippen LogP contribution in [0.4, 0.5) is 11.4 Å². The van der Waals surface area contributed by atoms with Crippen molar-refractivity contribution in [1.82, 2.24) is 4.98 Å². The van der Waals surface area contributed by atoms with Gasteiger partial charge in [0.05, 0.1) is 17.0 Å². The molecule has 4 rings (SSSR count). The predicted molar refractivity (Wildman–Crippen MR) is 123 cm³/mol. The molecule has 1 N–H and O–H groups in total. The number of hydrogen-bond donors (Lipinski definition) is 1. The molecular weight excluding hydrogens is 442 g/mol. The van der Waals surface area contributed by atoms with Crippen LogP contribution in [0.5, 0.6) is 0 Å². The molecule has 2 amide bonds. The zero-order valence-corrected chi connectivity index (χ0v) is 18.5. The summed E-state index contributed by atoms with van der Waals surface area (Å²) in [6.07, 6.45) is 1.81.